The largest absolute Gasteiger partial charge is 0.497 e. The number of esters is 1. The molecule has 0 spiro atoms. The highest BCUT2D eigenvalue weighted by Gasteiger charge is 2.28. The van der Waals surface area contributed by atoms with Gasteiger partial charge in [-0.1, -0.05) is 49.6 Å². The second-order valence-electron chi connectivity index (χ2n) is 9.32. The average Bonchev–Trinajstić information content (AvgIpc) is 2.92. The molecule has 1 atom stereocenters. The van der Waals surface area contributed by atoms with E-state index in [1.807, 2.05) is 26.0 Å². The number of hydrogen-bond donors (Lipinski definition) is 1. The van der Waals surface area contributed by atoms with E-state index in [-0.39, 0.29) is 22.6 Å². The molecule has 0 amide bonds. The van der Waals surface area contributed by atoms with E-state index in [1.54, 1.807) is 50.4 Å². The molecule has 9 heteroatoms. The number of rotatable bonds is 10. The van der Waals surface area contributed by atoms with Gasteiger partial charge in [-0.3, -0.25) is 0 Å². The third-order valence-corrected chi connectivity index (χ3v) is 7.97. The Morgan fingerprint density at radius 2 is 1.69 bits per heavy atom. The highest BCUT2D eigenvalue weighted by molar-refractivity contribution is 7.89. The molecule has 8 nitrogen and oxygen atoms in total. The fraction of sp³-hybridized carbons (Fsp3) is 0.267. The summed E-state index contributed by atoms with van der Waals surface area (Å²) in [7, 11) is -2.38. The van der Waals surface area contributed by atoms with Crippen molar-refractivity contribution in [2.24, 2.45) is 0 Å². The van der Waals surface area contributed by atoms with Gasteiger partial charge in [0.05, 0.1) is 12.0 Å². The lowest BCUT2D eigenvalue weighted by Gasteiger charge is -2.19. The van der Waals surface area contributed by atoms with Crippen LogP contribution in [0.15, 0.2) is 80.8 Å². The normalized spacial score (nSPS) is 12.3. The SMILES string of the molecule is CCCC[C@H](NS(=O)(=O)c1ccc(C)cc1)C(=O)Oc1ccc2c(-c3ccc(OC)cc3)cc(=O)oc2c1C. The molecule has 1 N–H and O–H groups in total. The van der Waals surface area contributed by atoms with Crippen molar-refractivity contribution in [3.05, 3.63) is 88.3 Å². The smallest absolute Gasteiger partial charge is 0.336 e. The van der Waals surface area contributed by atoms with Gasteiger partial charge in [-0.05, 0) is 67.8 Å². The predicted octanol–water partition coefficient (Wildman–Crippen LogP) is 5.53. The number of fused-ring (bicyclic) bond motifs is 1. The van der Waals surface area contributed by atoms with E-state index in [9.17, 15) is 18.0 Å². The molecule has 1 heterocycles. The van der Waals surface area contributed by atoms with Crippen LogP contribution in [0.1, 0.15) is 37.3 Å². The number of unbranched alkanes of at least 4 members (excludes halogenated alkanes) is 1. The highest BCUT2D eigenvalue weighted by Crippen LogP contribution is 2.34. The van der Waals surface area contributed by atoms with Crippen molar-refractivity contribution in [1.29, 1.82) is 0 Å². The van der Waals surface area contributed by atoms with Gasteiger partial charge in [-0.25, -0.2) is 18.0 Å². The van der Waals surface area contributed by atoms with Gasteiger partial charge in [0.1, 0.15) is 23.1 Å². The van der Waals surface area contributed by atoms with E-state index >= 15 is 0 Å². The minimum atomic E-state index is -3.96. The molecule has 0 fully saturated rings. The molecule has 1 aromatic heterocycles. The van der Waals surface area contributed by atoms with E-state index in [1.165, 1.54) is 18.2 Å². The molecule has 0 unspecified atom stereocenters. The van der Waals surface area contributed by atoms with Crippen molar-refractivity contribution < 1.29 is 27.1 Å². The van der Waals surface area contributed by atoms with Crippen LogP contribution in [0.5, 0.6) is 11.5 Å². The Labute approximate surface area is 227 Å². The molecule has 0 saturated carbocycles. The molecular formula is C30H31NO7S. The summed E-state index contributed by atoms with van der Waals surface area (Å²) in [5.74, 6) is 0.126. The maximum absolute atomic E-state index is 13.2. The number of aryl methyl sites for hydroxylation is 2. The third-order valence-electron chi connectivity index (χ3n) is 6.48. The van der Waals surface area contributed by atoms with Gasteiger partial charge < -0.3 is 13.9 Å². The van der Waals surface area contributed by atoms with Crippen molar-refractivity contribution in [3.8, 4) is 22.6 Å². The second kappa shape index (κ2) is 11.8. The Bertz CT molecular complexity index is 1640. The monoisotopic (exact) mass is 549 g/mol. The van der Waals surface area contributed by atoms with E-state index in [0.29, 0.717) is 28.7 Å². The van der Waals surface area contributed by atoms with Gasteiger partial charge in [0, 0.05) is 17.0 Å². The lowest BCUT2D eigenvalue weighted by atomic mass is 10.00. The second-order valence-corrected chi connectivity index (χ2v) is 11.0. The maximum atomic E-state index is 13.2. The van der Waals surface area contributed by atoms with Gasteiger partial charge in [-0.2, -0.15) is 4.72 Å². The molecule has 0 saturated heterocycles. The predicted molar refractivity (Wildman–Crippen MR) is 150 cm³/mol. The van der Waals surface area contributed by atoms with Crippen LogP contribution in [0.25, 0.3) is 22.1 Å². The zero-order valence-corrected chi connectivity index (χ0v) is 23.1. The van der Waals surface area contributed by atoms with Gasteiger partial charge in [0.2, 0.25) is 10.0 Å². The number of carbonyl (C=O) groups is 1. The molecule has 4 rings (SSSR count). The number of methoxy groups -OCH3 is 1. The highest BCUT2D eigenvalue weighted by atomic mass is 32.2. The first-order chi connectivity index (χ1) is 18.6. The number of benzene rings is 3. The van der Waals surface area contributed by atoms with Crippen molar-refractivity contribution >= 4 is 27.0 Å². The zero-order chi connectivity index (χ0) is 28.2. The first-order valence-electron chi connectivity index (χ1n) is 12.7. The molecule has 0 aliphatic heterocycles. The fourth-order valence-corrected chi connectivity index (χ4v) is 5.47. The molecule has 0 aliphatic rings. The Balaban J connectivity index is 1.65. The summed E-state index contributed by atoms with van der Waals surface area (Å²) in [6.45, 7) is 5.50. The average molecular weight is 550 g/mol. The number of nitrogens with one attached hydrogen (secondary N) is 1. The maximum Gasteiger partial charge on any atom is 0.336 e. The molecule has 39 heavy (non-hydrogen) atoms. The standard InChI is InChI=1S/C30H31NO7S/c1-5-6-7-26(31-39(34,35)23-14-8-19(2)9-15-23)30(33)37-27-17-16-24-25(18-28(32)38-29(24)20(27)3)21-10-12-22(36-4)13-11-21/h8-18,26,31H,5-7H2,1-4H3/t26-/m0/s1. The lowest BCUT2D eigenvalue weighted by Crippen LogP contribution is -2.43. The quantitative estimate of drug-likeness (QED) is 0.157. The van der Waals surface area contributed by atoms with Gasteiger partial charge in [0.25, 0.3) is 0 Å². The van der Waals surface area contributed by atoms with Crippen LogP contribution in [-0.2, 0) is 14.8 Å². The zero-order valence-electron chi connectivity index (χ0n) is 22.3. The van der Waals surface area contributed by atoms with Crippen molar-refractivity contribution in [2.45, 2.75) is 51.0 Å². The minimum absolute atomic E-state index is 0.0668. The molecular weight excluding hydrogens is 518 g/mol. The van der Waals surface area contributed by atoms with Crippen LogP contribution >= 0.6 is 0 Å². The van der Waals surface area contributed by atoms with Crippen molar-refractivity contribution in [3.63, 3.8) is 0 Å². The van der Waals surface area contributed by atoms with Crippen LogP contribution in [-0.4, -0.2) is 27.5 Å². The molecule has 204 valence electrons. The molecule has 0 bridgehead atoms. The van der Waals surface area contributed by atoms with Crippen LogP contribution in [0.3, 0.4) is 0 Å². The molecule has 4 aromatic rings. The summed E-state index contributed by atoms with van der Waals surface area (Å²) in [6, 6.07) is 17.3. The van der Waals surface area contributed by atoms with Gasteiger partial charge >= 0.3 is 11.6 Å². The third kappa shape index (κ3) is 6.38. The number of hydrogen-bond acceptors (Lipinski definition) is 7. The Kier molecular flexibility index (Phi) is 8.52. The first-order valence-corrected chi connectivity index (χ1v) is 14.1. The summed E-state index contributed by atoms with van der Waals surface area (Å²) in [4.78, 5) is 25.7. The van der Waals surface area contributed by atoms with Crippen LogP contribution in [0, 0.1) is 13.8 Å². The first kappa shape index (κ1) is 28.1. The van der Waals surface area contributed by atoms with E-state index < -0.39 is 27.7 Å². The Morgan fingerprint density at radius 3 is 2.33 bits per heavy atom. The Hall–Kier alpha value is -3.95. The molecule has 3 aromatic carbocycles. The van der Waals surface area contributed by atoms with E-state index in [2.05, 4.69) is 4.72 Å². The lowest BCUT2D eigenvalue weighted by molar-refractivity contribution is -0.136. The summed E-state index contributed by atoms with van der Waals surface area (Å²) in [5, 5.41) is 0.666. The van der Waals surface area contributed by atoms with Crippen molar-refractivity contribution in [2.75, 3.05) is 7.11 Å². The van der Waals surface area contributed by atoms with Gasteiger partial charge in [-0.15, -0.1) is 0 Å². The fourth-order valence-electron chi connectivity index (χ4n) is 4.25. The number of ether oxygens (including phenoxy) is 2. The topological polar surface area (TPSA) is 112 Å². The van der Waals surface area contributed by atoms with Crippen LogP contribution < -0.4 is 19.8 Å². The van der Waals surface area contributed by atoms with E-state index in [4.69, 9.17) is 13.9 Å². The molecule has 0 aliphatic carbocycles. The van der Waals surface area contributed by atoms with Gasteiger partial charge in [0.15, 0.2) is 0 Å². The van der Waals surface area contributed by atoms with E-state index in [0.717, 1.165) is 17.5 Å². The summed E-state index contributed by atoms with van der Waals surface area (Å²) in [6.07, 6.45) is 1.65. The molecule has 0 radical (unpaired) electrons. The minimum Gasteiger partial charge on any atom is -0.497 e. The number of carbonyl (C=O) groups excluding carboxylic acids is 1. The van der Waals surface area contributed by atoms with Crippen LogP contribution in [0.4, 0.5) is 0 Å². The Morgan fingerprint density at radius 1 is 1.00 bits per heavy atom. The summed E-state index contributed by atoms with van der Waals surface area (Å²) in [5.41, 5.74) is 2.56. The summed E-state index contributed by atoms with van der Waals surface area (Å²) < 4.78 is 44.9. The summed E-state index contributed by atoms with van der Waals surface area (Å²) >= 11 is 0. The van der Waals surface area contributed by atoms with Crippen LogP contribution in [0.2, 0.25) is 0 Å². The number of sulfonamides is 1. The van der Waals surface area contributed by atoms with Crippen molar-refractivity contribution in [1.82, 2.24) is 4.72 Å².